The average molecular weight is 353 g/mol. The molecule has 0 spiro atoms. The smallest absolute Gasteiger partial charge is 0.303 e. The minimum atomic E-state index is -0.803. The first-order chi connectivity index (χ1) is 11.5. The lowest BCUT2D eigenvalue weighted by Gasteiger charge is -2.18. The van der Waals surface area contributed by atoms with Crippen LogP contribution in [0.3, 0.4) is 0 Å². The van der Waals surface area contributed by atoms with Gasteiger partial charge in [-0.3, -0.25) is 14.4 Å². The quantitative estimate of drug-likeness (QED) is 0.703. The summed E-state index contributed by atoms with van der Waals surface area (Å²) >= 11 is 6.12. The van der Waals surface area contributed by atoms with Crippen molar-refractivity contribution in [3.63, 3.8) is 0 Å². The van der Waals surface area contributed by atoms with E-state index >= 15 is 0 Å². The molecule has 2 amide bonds. The summed E-state index contributed by atoms with van der Waals surface area (Å²) in [5.41, 5.74) is 0.633. The van der Waals surface area contributed by atoms with Crippen LogP contribution in [-0.4, -0.2) is 36.0 Å². The lowest BCUT2D eigenvalue weighted by Crippen LogP contribution is -2.33. The highest BCUT2D eigenvalue weighted by molar-refractivity contribution is 6.33. The van der Waals surface area contributed by atoms with Crippen LogP contribution in [0.25, 0.3) is 0 Å². The van der Waals surface area contributed by atoms with Gasteiger partial charge >= 0.3 is 5.97 Å². The number of carboxylic acid groups (broad SMARTS) is 1. The average Bonchev–Trinajstić information content (AvgIpc) is 2.92. The summed E-state index contributed by atoms with van der Waals surface area (Å²) in [6.07, 6.45) is 2.41. The molecule has 1 fully saturated rings. The molecule has 130 valence electrons. The molecule has 24 heavy (non-hydrogen) atoms. The third kappa shape index (κ3) is 4.96. The summed E-state index contributed by atoms with van der Waals surface area (Å²) in [4.78, 5) is 36.3. The van der Waals surface area contributed by atoms with E-state index in [1.54, 1.807) is 29.2 Å². The molecule has 0 bridgehead atoms. The number of carbonyl (C=O) groups is 3. The summed E-state index contributed by atoms with van der Waals surface area (Å²) in [6.45, 7) is 0.822. The highest BCUT2D eigenvalue weighted by atomic mass is 35.5. The van der Waals surface area contributed by atoms with Crippen molar-refractivity contribution >= 4 is 35.1 Å². The molecule has 0 saturated carbocycles. The molecular formula is C17H21ClN2O4. The maximum Gasteiger partial charge on any atom is 0.303 e. The zero-order valence-electron chi connectivity index (χ0n) is 13.3. The lowest BCUT2D eigenvalue weighted by molar-refractivity contribution is -0.137. The Morgan fingerprint density at radius 3 is 2.71 bits per heavy atom. The van der Waals surface area contributed by atoms with Crippen LogP contribution in [0.1, 0.15) is 32.1 Å². The van der Waals surface area contributed by atoms with Gasteiger partial charge in [0.25, 0.3) is 0 Å². The van der Waals surface area contributed by atoms with Gasteiger partial charge in [-0.15, -0.1) is 0 Å². The Labute approximate surface area is 145 Å². The van der Waals surface area contributed by atoms with Crippen LogP contribution in [0.2, 0.25) is 5.02 Å². The number of nitrogens with one attached hydrogen (secondary N) is 1. The van der Waals surface area contributed by atoms with E-state index in [4.69, 9.17) is 16.7 Å². The second-order valence-corrected chi connectivity index (χ2v) is 6.26. The van der Waals surface area contributed by atoms with Gasteiger partial charge in [-0.25, -0.2) is 0 Å². The molecule has 1 unspecified atom stereocenters. The van der Waals surface area contributed by atoms with Gasteiger partial charge in [-0.1, -0.05) is 30.2 Å². The Balaban J connectivity index is 1.77. The predicted octanol–water partition coefficient (Wildman–Crippen LogP) is 2.45. The fraction of sp³-hybridized carbons (Fsp3) is 0.471. The molecular weight excluding hydrogens is 332 g/mol. The molecule has 2 rings (SSSR count). The number of hydrogen-bond donors (Lipinski definition) is 2. The highest BCUT2D eigenvalue weighted by Gasteiger charge is 2.35. The summed E-state index contributed by atoms with van der Waals surface area (Å²) in [6, 6.07) is 7.08. The molecule has 1 aliphatic rings. The SMILES string of the molecule is O=C(O)CCCCCNC(=O)C1CC(=O)N(c2ccccc2Cl)C1. The first-order valence-corrected chi connectivity index (χ1v) is 8.41. The van der Waals surface area contributed by atoms with Crippen molar-refractivity contribution in [1.29, 1.82) is 0 Å². The zero-order chi connectivity index (χ0) is 17.5. The zero-order valence-corrected chi connectivity index (χ0v) is 14.1. The number of unbranched alkanes of at least 4 members (excludes halogenated alkanes) is 2. The Bertz CT molecular complexity index is 620. The molecule has 1 heterocycles. The summed E-state index contributed by atoms with van der Waals surface area (Å²) < 4.78 is 0. The van der Waals surface area contributed by atoms with Crippen molar-refractivity contribution in [3.8, 4) is 0 Å². The van der Waals surface area contributed by atoms with E-state index in [9.17, 15) is 14.4 Å². The number of benzene rings is 1. The van der Waals surface area contributed by atoms with E-state index in [1.807, 2.05) is 0 Å². The number of amides is 2. The third-order valence-electron chi connectivity index (χ3n) is 4.01. The summed E-state index contributed by atoms with van der Waals surface area (Å²) in [7, 11) is 0. The van der Waals surface area contributed by atoms with E-state index in [2.05, 4.69) is 5.32 Å². The fourth-order valence-electron chi connectivity index (χ4n) is 2.72. The number of anilines is 1. The molecule has 6 nitrogen and oxygen atoms in total. The van der Waals surface area contributed by atoms with Crippen LogP contribution in [0, 0.1) is 5.92 Å². The van der Waals surface area contributed by atoms with Gasteiger partial charge in [0.05, 0.1) is 16.6 Å². The molecule has 1 saturated heterocycles. The first kappa shape index (κ1) is 18.3. The number of halogens is 1. The Morgan fingerprint density at radius 1 is 1.25 bits per heavy atom. The van der Waals surface area contributed by atoms with E-state index < -0.39 is 5.97 Å². The van der Waals surface area contributed by atoms with E-state index in [-0.39, 0.29) is 30.6 Å². The Hall–Kier alpha value is -2.08. The van der Waals surface area contributed by atoms with Crippen molar-refractivity contribution in [3.05, 3.63) is 29.3 Å². The molecule has 7 heteroatoms. The largest absolute Gasteiger partial charge is 0.481 e. The molecule has 1 aromatic rings. The van der Waals surface area contributed by atoms with Crippen LogP contribution in [-0.2, 0) is 14.4 Å². The standard InChI is InChI=1S/C17H21ClN2O4/c18-13-6-3-4-7-14(13)20-11-12(10-15(20)21)17(24)19-9-5-1-2-8-16(22)23/h3-4,6-7,12H,1-2,5,8-11H2,(H,19,24)(H,22,23). The van der Waals surface area contributed by atoms with Crippen molar-refractivity contribution < 1.29 is 19.5 Å². The number of para-hydroxylation sites is 1. The predicted molar refractivity (Wildman–Crippen MR) is 91.0 cm³/mol. The van der Waals surface area contributed by atoms with Crippen molar-refractivity contribution in [2.45, 2.75) is 32.1 Å². The van der Waals surface area contributed by atoms with E-state index in [1.165, 1.54) is 0 Å². The highest BCUT2D eigenvalue weighted by Crippen LogP contribution is 2.30. The van der Waals surface area contributed by atoms with Crippen molar-refractivity contribution in [2.24, 2.45) is 5.92 Å². The van der Waals surface area contributed by atoms with Crippen LogP contribution in [0.4, 0.5) is 5.69 Å². The molecule has 2 N–H and O–H groups in total. The molecule has 0 aliphatic carbocycles. The van der Waals surface area contributed by atoms with Crippen molar-refractivity contribution in [1.82, 2.24) is 5.32 Å². The molecule has 0 radical (unpaired) electrons. The number of aliphatic carboxylic acids is 1. The number of carboxylic acids is 1. The summed E-state index contributed by atoms with van der Waals surface area (Å²) in [5, 5.41) is 11.9. The van der Waals surface area contributed by atoms with Crippen LogP contribution in [0.15, 0.2) is 24.3 Å². The lowest BCUT2D eigenvalue weighted by atomic mass is 10.1. The van der Waals surface area contributed by atoms with E-state index in [0.717, 1.165) is 12.8 Å². The van der Waals surface area contributed by atoms with Crippen molar-refractivity contribution in [2.75, 3.05) is 18.0 Å². The topological polar surface area (TPSA) is 86.7 Å². The van der Waals surface area contributed by atoms with E-state index in [0.29, 0.717) is 30.2 Å². The molecule has 0 aromatic heterocycles. The van der Waals surface area contributed by atoms with Crippen LogP contribution < -0.4 is 10.2 Å². The number of nitrogens with zero attached hydrogens (tertiary/aromatic N) is 1. The Kier molecular flexibility index (Phi) is 6.61. The minimum absolute atomic E-state index is 0.107. The van der Waals surface area contributed by atoms with Crippen LogP contribution >= 0.6 is 11.6 Å². The normalized spacial score (nSPS) is 17.1. The number of rotatable bonds is 8. The van der Waals surface area contributed by atoms with Gasteiger partial charge in [0.2, 0.25) is 11.8 Å². The fourth-order valence-corrected chi connectivity index (χ4v) is 2.96. The maximum atomic E-state index is 12.2. The summed E-state index contributed by atoms with van der Waals surface area (Å²) in [5.74, 6) is -1.43. The number of hydrogen-bond acceptors (Lipinski definition) is 3. The van der Waals surface area contributed by atoms with Gasteiger partial charge < -0.3 is 15.3 Å². The maximum absolute atomic E-state index is 12.2. The first-order valence-electron chi connectivity index (χ1n) is 8.03. The monoisotopic (exact) mass is 352 g/mol. The molecule has 1 atom stereocenters. The van der Waals surface area contributed by atoms with Crippen LogP contribution in [0.5, 0.6) is 0 Å². The second kappa shape index (κ2) is 8.68. The third-order valence-corrected chi connectivity index (χ3v) is 4.33. The van der Waals surface area contributed by atoms with Gasteiger partial charge in [0, 0.05) is 25.9 Å². The van der Waals surface area contributed by atoms with Gasteiger partial charge in [0.1, 0.15) is 0 Å². The minimum Gasteiger partial charge on any atom is -0.481 e. The van der Waals surface area contributed by atoms with Gasteiger partial charge in [-0.2, -0.15) is 0 Å². The molecule has 1 aromatic carbocycles. The second-order valence-electron chi connectivity index (χ2n) is 5.85. The van der Waals surface area contributed by atoms with Gasteiger partial charge in [-0.05, 0) is 25.0 Å². The molecule has 1 aliphatic heterocycles. The number of carbonyl (C=O) groups excluding carboxylic acids is 2. The Morgan fingerprint density at radius 2 is 2.00 bits per heavy atom. The van der Waals surface area contributed by atoms with Gasteiger partial charge in [0.15, 0.2) is 0 Å².